The lowest BCUT2D eigenvalue weighted by Gasteiger charge is -2.36. The van der Waals surface area contributed by atoms with Crippen molar-refractivity contribution in [1.82, 2.24) is 29.5 Å². The van der Waals surface area contributed by atoms with Crippen molar-refractivity contribution in [3.63, 3.8) is 0 Å². The molecule has 2 saturated heterocycles. The Bertz CT molecular complexity index is 1130. The van der Waals surface area contributed by atoms with Gasteiger partial charge in [-0.1, -0.05) is 30.3 Å². The topological polar surface area (TPSA) is 74.6 Å². The minimum absolute atomic E-state index is 0.0230. The van der Waals surface area contributed by atoms with Crippen molar-refractivity contribution in [2.24, 2.45) is 0 Å². The van der Waals surface area contributed by atoms with Crippen LogP contribution in [0.1, 0.15) is 35.2 Å². The summed E-state index contributed by atoms with van der Waals surface area (Å²) in [6, 6.07) is 13.9. The van der Waals surface area contributed by atoms with Gasteiger partial charge in [-0.2, -0.15) is 5.10 Å². The molecule has 2 fully saturated rings. The highest BCUT2D eigenvalue weighted by atomic mass is 16.2. The SMILES string of the molecule is O=C(CN1CCN(C(=O)c2cn(Cc3ccccc3)nc2-c2cccnc2)CC1)N1CCCCC1. The molecule has 5 rings (SSSR count). The van der Waals surface area contributed by atoms with Gasteiger partial charge in [0.15, 0.2) is 0 Å². The molecule has 0 bridgehead atoms. The monoisotopic (exact) mass is 472 g/mol. The van der Waals surface area contributed by atoms with E-state index in [9.17, 15) is 9.59 Å². The van der Waals surface area contributed by atoms with Gasteiger partial charge in [0.2, 0.25) is 5.91 Å². The van der Waals surface area contributed by atoms with Gasteiger partial charge < -0.3 is 9.80 Å². The number of piperidine rings is 1. The predicted octanol–water partition coefficient (Wildman–Crippen LogP) is 2.76. The number of benzene rings is 1. The molecule has 3 aromatic rings. The Morgan fingerprint density at radius 1 is 0.829 bits per heavy atom. The van der Waals surface area contributed by atoms with Gasteiger partial charge >= 0.3 is 0 Å². The molecule has 0 atom stereocenters. The summed E-state index contributed by atoms with van der Waals surface area (Å²) in [5.41, 5.74) is 3.20. The normalized spacial score (nSPS) is 16.9. The summed E-state index contributed by atoms with van der Waals surface area (Å²) >= 11 is 0. The maximum absolute atomic E-state index is 13.6. The molecule has 2 amide bonds. The molecular formula is C27H32N6O2. The van der Waals surface area contributed by atoms with E-state index in [4.69, 9.17) is 5.10 Å². The van der Waals surface area contributed by atoms with Crippen molar-refractivity contribution in [2.45, 2.75) is 25.8 Å². The molecule has 182 valence electrons. The number of amides is 2. The zero-order valence-corrected chi connectivity index (χ0v) is 20.1. The minimum Gasteiger partial charge on any atom is -0.342 e. The number of rotatable bonds is 6. The molecule has 0 spiro atoms. The summed E-state index contributed by atoms with van der Waals surface area (Å²) in [5.74, 6) is 0.190. The van der Waals surface area contributed by atoms with Crippen molar-refractivity contribution < 1.29 is 9.59 Å². The van der Waals surface area contributed by atoms with Crippen molar-refractivity contribution in [3.05, 3.63) is 72.2 Å². The third-order valence-corrected chi connectivity index (χ3v) is 6.84. The molecule has 0 unspecified atom stereocenters. The molecule has 0 saturated carbocycles. The van der Waals surface area contributed by atoms with E-state index in [0.717, 1.165) is 37.1 Å². The highest BCUT2D eigenvalue weighted by molar-refractivity contribution is 5.99. The molecule has 8 nitrogen and oxygen atoms in total. The Morgan fingerprint density at radius 2 is 1.60 bits per heavy atom. The van der Waals surface area contributed by atoms with Gasteiger partial charge in [-0.15, -0.1) is 0 Å². The summed E-state index contributed by atoms with van der Waals surface area (Å²) in [6.45, 7) is 5.39. The Hall–Kier alpha value is -3.52. The first-order valence-corrected chi connectivity index (χ1v) is 12.5. The Morgan fingerprint density at radius 3 is 2.31 bits per heavy atom. The molecule has 0 N–H and O–H groups in total. The second kappa shape index (κ2) is 10.8. The standard InChI is InChI=1S/C27H32N6O2/c34-25(31-12-5-2-6-13-31)21-30-14-16-32(17-15-30)27(35)24-20-33(19-22-8-3-1-4-9-22)29-26(24)23-10-7-11-28-18-23/h1,3-4,7-11,18,20H,2,5-6,12-17,19,21H2. The highest BCUT2D eigenvalue weighted by Gasteiger charge is 2.28. The molecule has 1 aromatic carbocycles. The minimum atomic E-state index is -0.0230. The van der Waals surface area contributed by atoms with E-state index < -0.39 is 0 Å². The molecule has 2 aliphatic rings. The van der Waals surface area contributed by atoms with Crippen molar-refractivity contribution >= 4 is 11.8 Å². The molecule has 8 heteroatoms. The van der Waals surface area contributed by atoms with Gasteiger partial charge in [-0.25, -0.2) is 0 Å². The second-order valence-corrected chi connectivity index (χ2v) is 9.33. The quantitative estimate of drug-likeness (QED) is 0.552. The number of hydrogen-bond donors (Lipinski definition) is 0. The van der Waals surface area contributed by atoms with Gasteiger partial charge in [-0.05, 0) is 37.0 Å². The van der Waals surface area contributed by atoms with Crippen LogP contribution in [0.15, 0.2) is 61.1 Å². The largest absolute Gasteiger partial charge is 0.342 e. The average molecular weight is 473 g/mol. The van der Waals surface area contributed by atoms with Gasteiger partial charge in [0.05, 0.1) is 18.7 Å². The lowest BCUT2D eigenvalue weighted by Crippen LogP contribution is -2.52. The van der Waals surface area contributed by atoms with Gasteiger partial charge in [0.1, 0.15) is 5.69 Å². The number of pyridine rings is 1. The first kappa shape index (κ1) is 23.2. The van der Waals surface area contributed by atoms with E-state index >= 15 is 0 Å². The molecule has 2 aliphatic heterocycles. The van der Waals surface area contributed by atoms with E-state index in [0.29, 0.717) is 50.5 Å². The zero-order valence-electron chi connectivity index (χ0n) is 20.1. The van der Waals surface area contributed by atoms with Crippen molar-refractivity contribution in [1.29, 1.82) is 0 Å². The fourth-order valence-electron chi connectivity index (χ4n) is 4.86. The average Bonchev–Trinajstić information content (AvgIpc) is 3.34. The van der Waals surface area contributed by atoms with Gasteiger partial charge in [0, 0.05) is 63.4 Å². The molecule has 4 heterocycles. The smallest absolute Gasteiger partial charge is 0.257 e. The van der Waals surface area contributed by atoms with Gasteiger partial charge in [-0.3, -0.25) is 24.2 Å². The van der Waals surface area contributed by atoms with Crippen LogP contribution in [0.2, 0.25) is 0 Å². The van der Waals surface area contributed by atoms with E-state index in [1.54, 1.807) is 12.4 Å². The van der Waals surface area contributed by atoms with Crippen LogP contribution in [0.4, 0.5) is 0 Å². The first-order valence-electron chi connectivity index (χ1n) is 12.5. The van der Waals surface area contributed by atoms with Crippen LogP contribution < -0.4 is 0 Å². The number of carbonyl (C=O) groups is 2. The van der Waals surface area contributed by atoms with E-state index in [2.05, 4.69) is 22.0 Å². The third kappa shape index (κ3) is 5.59. The van der Waals surface area contributed by atoms with E-state index in [1.807, 2.05) is 51.0 Å². The van der Waals surface area contributed by atoms with Crippen LogP contribution in [-0.4, -0.2) is 87.1 Å². The maximum Gasteiger partial charge on any atom is 0.257 e. The van der Waals surface area contributed by atoms with E-state index in [-0.39, 0.29) is 11.8 Å². The van der Waals surface area contributed by atoms with Crippen molar-refractivity contribution in [3.8, 4) is 11.3 Å². The molecular weight excluding hydrogens is 440 g/mol. The van der Waals surface area contributed by atoms with Gasteiger partial charge in [0.25, 0.3) is 5.91 Å². The fraction of sp³-hybridized carbons (Fsp3) is 0.407. The Labute approximate surface area is 206 Å². The van der Waals surface area contributed by atoms with Crippen molar-refractivity contribution in [2.75, 3.05) is 45.8 Å². The number of nitrogens with zero attached hydrogens (tertiary/aromatic N) is 6. The number of likely N-dealkylation sites (tertiary alicyclic amines) is 1. The van der Waals surface area contributed by atoms with Crippen LogP contribution >= 0.6 is 0 Å². The number of aromatic nitrogens is 3. The number of carbonyl (C=O) groups excluding carboxylic acids is 2. The van der Waals surface area contributed by atoms with Crippen LogP contribution in [0.25, 0.3) is 11.3 Å². The lowest BCUT2D eigenvalue weighted by atomic mass is 10.1. The predicted molar refractivity (Wildman–Crippen MR) is 134 cm³/mol. The Balaban J connectivity index is 1.27. The summed E-state index contributed by atoms with van der Waals surface area (Å²) in [4.78, 5) is 36.5. The summed E-state index contributed by atoms with van der Waals surface area (Å²) < 4.78 is 1.83. The molecule has 0 radical (unpaired) electrons. The Kier molecular flexibility index (Phi) is 7.18. The molecule has 0 aliphatic carbocycles. The van der Waals surface area contributed by atoms with E-state index in [1.165, 1.54) is 6.42 Å². The molecule has 2 aromatic heterocycles. The lowest BCUT2D eigenvalue weighted by molar-refractivity contribution is -0.133. The first-order chi connectivity index (χ1) is 17.2. The third-order valence-electron chi connectivity index (χ3n) is 6.84. The summed E-state index contributed by atoms with van der Waals surface area (Å²) in [7, 11) is 0. The van der Waals surface area contributed by atoms with Crippen LogP contribution in [0.3, 0.4) is 0 Å². The maximum atomic E-state index is 13.6. The summed E-state index contributed by atoms with van der Waals surface area (Å²) in [5, 5.41) is 4.77. The highest BCUT2D eigenvalue weighted by Crippen LogP contribution is 2.24. The number of hydrogen-bond acceptors (Lipinski definition) is 5. The van der Waals surface area contributed by atoms with Crippen LogP contribution in [0.5, 0.6) is 0 Å². The fourth-order valence-corrected chi connectivity index (χ4v) is 4.86. The van der Waals surface area contributed by atoms with Crippen LogP contribution in [-0.2, 0) is 11.3 Å². The summed E-state index contributed by atoms with van der Waals surface area (Å²) in [6.07, 6.45) is 8.74. The zero-order chi connectivity index (χ0) is 24.0. The van der Waals surface area contributed by atoms with Crippen LogP contribution in [0, 0.1) is 0 Å². The molecule has 35 heavy (non-hydrogen) atoms. The number of piperazine rings is 1. The second-order valence-electron chi connectivity index (χ2n) is 9.33.